The zero-order chi connectivity index (χ0) is 13.2. The molecule has 0 saturated carbocycles. The number of likely N-dealkylation sites (N-methyl/N-ethyl adjacent to an activating group) is 1. The van der Waals surface area contributed by atoms with E-state index in [4.69, 9.17) is 4.74 Å². The summed E-state index contributed by atoms with van der Waals surface area (Å²) in [5.74, 6) is 0.620. The number of urea groups is 1. The van der Waals surface area contributed by atoms with Crippen LogP contribution in [-0.4, -0.2) is 67.8 Å². The van der Waals surface area contributed by atoms with E-state index in [9.17, 15) is 4.79 Å². The molecule has 0 bridgehead atoms. The quantitative estimate of drug-likeness (QED) is 0.808. The van der Waals surface area contributed by atoms with Gasteiger partial charge in [-0.05, 0) is 44.7 Å². The van der Waals surface area contributed by atoms with E-state index in [1.807, 2.05) is 11.9 Å². The number of carbonyl (C=O) groups is 1. The van der Waals surface area contributed by atoms with Gasteiger partial charge in [0.05, 0.1) is 6.04 Å². The molecule has 3 aliphatic heterocycles. The Hall–Kier alpha value is -0.810. The van der Waals surface area contributed by atoms with Crippen LogP contribution in [0.2, 0.25) is 0 Å². The highest BCUT2D eigenvalue weighted by atomic mass is 16.5. The third-order valence-corrected chi connectivity index (χ3v) is 4.99. The number of nitrogens with zero attached hydrogens (tertiary/aromatic N) is 2. The molecule has 1 unspecified atom stereocenters. The van der Waals surface area contributed by atoms with Gasteiger partial charge >= 0.3 is 6.03 Å². The van der Waals surface area contributed by atoms with Crippen molar-refractivity contribution in [3.63, 3.8) is 0 Å². The van der Waals surface area contributed by atoms with E-state index in [1.165, 1.54) is 0 Å². The number of amides is 2. The van der Waals surface area contributed by atoms with Gasteiger partial charge in [-0.2, -0.15) is 0 Å². The molecule has 5 nitrogen and oxygen atoms in total. The lowest BCUT2D eigenvalue weighted by molar-refractivity contribution is 0.0448. The number of hydrogen-bond donors (Lipinski definition) is 1. The minimum Gasteiger partial charge on any atom is -0.381 e. The highest BCUT2D eigenvalue weighted by molar-refractivity contribution is 5.77. The van der Waals surface area contributed by atoms with Gasteiger partial charge in [-0.15, -0.1) is 0 Å². The summed E-state index contributed by atoms with van der Waals surface area (Å²) in [7, 11) is 1.98. The van der Waals surface area contributed by atoms with Crippen LogP contribution >= 0.6 is 0 Å². The van der Waals surface area contributed by atoms with Crippen LogP contribution in [0.1, 0.15) is 25.7 Å². The van der Waals surface area contributed by atoms with E-state index < -0.39 is 0 Å². The number of ether oxygens (including phenoxy) is 1. The van der Waals surface area contributed by atoms with Crippen LogP contribution in [0.15, 0.2) is 0 Å². The van der Waals surface area contributed by atoms with E-state index >= 15 is 0 Å². The van der Waals surface area contributed by atoms with Crippen LogP contribution < -0.4 is 5.32 Å². The van der Waals surface area contributed by atoms with Crippen LogP contribution in [0.25, 0.3) is 0 Å². The Morgan fingerprint density at radius 3 is 2.53 bits per heavy atom. The van der Waals surface area contributed by atoms with Gasteiger partial charge < -0.3 is 19.9 Å². The van der Waals surface area contributed by atoms with Gasteiger partial charge in [0, 0.05) is 32.8 Å². The lowest BCUT2D eigenvalue weighted by Crippen LogP contribution is -2.44. The molecule has 5 heteroatoms. The Bertz CT molecular complexity index is 325. The molecule has 3 heterocycles. The van der Waals surface area contributed by atoms with Gasteiger partial charge in [0.2, 0.25) is 0 Å². The summed E-state index contributed by atoms with van der Waals surface area (Å²) >= 11 is 0. The monoisotopic (exact) mass is 267 g/mol. The van der Waals surface area contributed by atoms with Crippen molar-refractivity contribution in [2.24, 2.45) is 5.92 Å². The highest BCUT2D eigenvalue weighted by Gasteiger charge is 2.42. The fourth-order valence-corrected chi connectivity index (χ4v) is 3.74. The van der Waals surface area contributed by atoms with E-state index in [1.54, 1.807) is 0 Å². The van der Waals surface area contributed by atoms with Gasteiger partial charge in [0.15, 0.2) is 0 Å². The molecular weight excluding hydrogens is 242 g/mol. The SMILES string of the molecule is CN1C(=O)N(C2CCNCC2)CC1C1CCOCC1. The first-order chi connectivity index (χ1) is 9.27. The second-order valence-electron chi connectivity index (χ2n) is 6.04. The van der Waals surface area contributed by atoms with Crippen LogP contribution in [0.5, 0.6) is 0 Å². The topological polar surface area (TPSA) is 44.8 Å². The van der Waals surface area contributed by atoms with Crippen LogP contribution in [-0.2, 0) is 4.74 Å². The zero-order valence-corrected chi connectivity index (χ0v) is 11.8. The minimum absolute atomic E-state index is 0.239. The van der Waals surface area contributed by atoms with Crippen molar-refractivity contribution in [1.29, 1.82) is 0 Å². The molecule has 108 valence electrons. The maximum atomic E-state index is 12.5. The summed E-state index contributed by atoms with van der Waals surface area (Å²) in [6, 6.07) is 1.08. The molecule has 1 N–H and O–H groups in total. The van der Waals surface area contributed by atoms with Crippen molar-refractivity contribution in [1.82, 2.24) is 15.1 Å². The summed E-state index contributed by atoms with van der Waals surface area (Å²) in [4.78, 5) is 16.6. The summed E-state index contributed by atoms with van der Waals surface area (Å²) in [6.07, 6.45) is 4.39. The molecule has 3 rings (SSSR count). The Balaban J connectivity index is 1.66. The summed E-state index contributed by atoms with van der Waals surface area (Å²) in [5, 5.41) is 3.37. The van der Waals surface area contributed by atoms with Gasteiger partial charge in [-0.3, -0.25) is 0 Å². The first-order valence-electron chi connectivity index (χ1n) is 7.59. The first-order valence-corrected chi connectivity index (χ1v) is 7.59. The Morgan fingerprint density at radius 2 is 1.84 bits per heavy atom. The summed E-state index contributed by atoms with van der Waals surface area (Å²) in [5.41, 5.74) is 0. The van der Waals surface area contributed by atoms with Crippen molar-refractivity contribution >= 4 is 6.03 Å². The molecule has 3 saturated heterocycles. The smallest absolute Gasteiger partial charge is 0.320 e. The molecule has 0 aliphatic carbocycles. The van der Waals surface area contributed by atoms with E-state index in [-0.39, 0.29) is 6.03 Å². The van der Waals surface area contributed by atoms with Crippen molar-refractivity contribution in [2.75, 3.05) is 39.9 Å². The normalized spacial score (nSPS) is 31.2. The van der Waals surface area contributed by atoms with Crippen molar-refractivity contribution in [3.05, 3.63) is 0 Å². The zero-order valence-electron chi connectivity index (χ0n) is 11.8. The van der Waals surface area contributed by atoms with E-state index in [0.29, 0.717) is 18.0 Å². The maximum Gasteiger partial charge on any atom is 0.320 e. The third kappa shape index (κ3) is 2.58. The van der Waals surface area contributed by atoms with E-state index in [0.717, 1.165) is 58.5 Å². The van der Waals surface area contributed by atoms with Crippen molar-refractivity contribution in [2.45, 2.75) is 37.8 Å². The molecule has 1 atom stereocenters. The fraction of sp³-hybridized carbons (Fsp3) is 0.929. The molecule has 0 aromatic carbocycles. The summed E-state index contributed by atoms with van der Waals surface area (Å²) in [6.45, 7) is 4.72. The highest BCUT2D eigenvalue weighted by Crippen LogP contribution is 2.30. The standard InChI is InChI=1S/C14H25N3O2/c1-16-13(11-4-8-19-9-5-11)10-17(14(16)18)12-2-6-15-7-3-12/h11-13,15H,2-10H2,1H3. The van der Waals surface area contributed by atoms with Gasteiger partial charge in [0.25, 0.3) is 0 Å². The van der Waals surface area contributed by atoms with Crippen molar-refractivity contribution in [3.8, 4) is 0 Å². The number of nitrogens with one attached hydrogen (secondary N) is 1. The molecule has 0 aromatic rings. The van der Waals surface area contributed by atoms with Gasteiger partial charge in [-0.1, -0.05) is 0 Å². The summed E-state index contributed by atoms with van der Waals surface area (Å²) < 4.78 is 5.44. The van der Waals surface area contributed by atoms with Gasteiger partial charge in [-0.25, -0.2) is 4.79 Å². The molecule has 3 aliphatic rings. The van der Waals surface area contributed by atoms with Crippen LogP contribution in [0.4, 0.5) is 4.79 Å². The minimum atomic E-state index is 0.239. The number of carbonyl (C=O) groups excluding carboxylic acids is 1. The van der Waals surface area contributed by atoms with Crippen molar-refractivity contribution < 1.29 is 9.53 Å². The lowest BCUT2D eigenvalue weighted by Gasteiger charge is -2.31. The number of rotatable bonds is 2. The molecule has 2 amide bonds. The van der Waals surface area contributed by atoms with Crippen LogP contribution in [0, 0.1) is 5.92 Å². The largest absolute Gasteiger partial charge is 0.381 e. The molecular formula is C14H25N3O2. The second kappa shape index (κ2) is 5.67. The van der Waals surface area contributed by atoms with Gasteiger partial charge in [0.1, 0.15) is 0 Å². The average molecular weight is 267 g/mol. The van der Waals surface area contributed by atoms with E-state index in [2.05, 4.69) is 10.2 Å². The molecule has 0 spiro atoms. The molecule has 0 radical (unpaired) electrons. The Kier molecular flexibility index (Phi) is 3.93. The maximum absolute atomic E-state index is 12.5. The predicted molar refractivity (Wildman–Crippen MR) is 73.1 cm³/mol. The fourth-order valence-electron chi connectivity index (χ4n) is 3.74. The predicted octanol–water partition coefficient (Wildman–Crippen LogP) is 0.901. The lowest BCUT2D eigenvalue weighted by atomic mass is 9.91. The molecule has 3 fully saturated rings. The molecule has 19 heavy (non-hydrogen) atoms. The first kappa shape index (κ1) is 13.2. The number of hydrogen-bond acceptors (Lipinski definition) is 3. The number of piperidine rings is 1. The molecule has 0 aromatic heterocycles. The third-order valence-electron chi connectivity index (χ3n) is 4.99. The Labute approximate surface area is 115 Å². The second-order valence-corrected chi connectivity index (χ2v) is 6.04. The average Bonchev–Trinajstić information content (AvgIpc) is 2.77. The Morgan fingerprint density at radius 1 is 1.16 bits per heavy atom. The van der Waals surface area contributed by atoms with Crippen LogP contribution in [0.3, 0.4) is 0 Å².